The van der Waals surface area contributed by atoms with Gasteiger partial charge in [-0.25, -0.2) is 9.97 Å². The van der Waals surface area contributed by atoms with Crippen molar-refractivity contribution in [2.24, 2.45) is 0 Å². The predicted molar refractivity (Wildman–Crippen MR) is 62.6 cm³/mol. The van der Waals surface area contributed by atoms with Crippen molar-refractivity contribution in [2.75, 3.05) is 11.9 Å². The van der Waals surface area contributed by atoms with E-state index in [2.05, 4.69) is 15.3 Å². The SMILES string of the molecule is CC(CO)Nc1nc(Cl)nc2sccc12. The van der Waals surface area contributed by atoms with Crippen molar-refractivity contribution in [3.63, 3.8) is 0 Å². The van der Waals surface area contributed by atoms with Gasteiger partial charge in [-0.1, -0.05) is 0 Å². The van der Waals surface area contributed by atoms with Crippen LogP contribution in [-0.4, -0.2) is 27.7 Å². The maximum Gasteiger partial charge on any atom is 0.225 e. The minimum absolute atomic E-state index is 0.0489. The summed E-state index contributed by atoms with van der Waals surface area (Å²) in [6.45, 7) is 1.92. The first-order valence-corrected chi connectivity index (χ1v) is 5.74. The van der Waals surface area contributed by atoms with E-state index in [0.29, 0.717) is 5.82 Å². The molecule has 1 unspecified atom stereocenters. The summed E-state index contributed by atoms with van der Waals surface area (Å²) in [5, 5.41) is 15.1. The molecule has 0 bridgehead atoms. The van der Waals surface area contributed by atoms with Gasteiger partial charge in [-0.05, 0) is 30.0 Å². The van der Waals surface area contributed by atoms with Crippen LogP contribution in [0.15, 0.2) is 11.4 Å². The van der Waals surface area contributed by atoms with Crippen molar-refractivity contribution in [1.82, 2.24) is 9.97 Å². The molecule has 0 aliphatic rings. The van der Waals surface area contributed by atoms with Crippen LogP contribution in [-0.2, 0) is 0 Å². The number of nitrogens with zero attached hydrogens (tertiary/aromatic N) is 2. The predicted octanol–water partition coefficient (Wildman–Crippen LogP) is 2.14. The summed E-state index contributed by atoms with van der Waals surface area (Å²) in [7, 11) is 0. The largest absolute Gasteiger partial charge is 0.394 e. The first kappa shape index (κ1) is 10.6. The Bertz CT molecular complexity index is 473. The van der Waals surface area contributed by atoms with Crippen molar-refractivity contribution in [3.05, 3.63) is 16.7 Å². The number of aliphatic hydroxyl groups excluding tert-OH is 1. The van der Waals surface area contributed by atoms with E-state index in [1.54, 1.807) is 0 Å². The van der Waals surface area contributed by atoms with Gasteiger partial charge in [-0.3, -0.25) is 0 Å². The Labute approximate surface area is 95.9 Å². The van der Waals surface area contributed by atoms with Crippen molar-refractivity contribution >= 4 is 39.0 Å². The molecule has 0 aliphatic heterocycles. The molecule has 0 spiro atoms. The molecule has 4 nitrogen and oxygen atoms in total. The second-order valence-electron chi connectivity index (χ2n) is 3.21. The van der Waals surface area contributed by atoms with E-state index in [0.717, 1.165) is 10.2 Å². The number of aromatic nitrogens is 2. The first-order chi connectivity index (χ1) is 7.20. The number of thiophene rings is 1. The van der Waals surface area contributed by atoms with Gasteiger partial charge >= 0.3 is 0 Å². The summed E-state index contributed by atoms with van der Waals surface area (Å²) in [4.78, 5) is 9.05. The molecule has 0 amide bonds. The summed E-state index contributed by atoms with van der Waals surface area (Å²) in [5.74, 6) is 0.674. The molecule has 0 fully saturated rings. The molecule has 1 atom stereocenters. The van der Waals surface area contributed by atoms with Gasteiger partial charge in [0.1, 0.15) is 10.6 Å². The topological polar surface area (TPSA) is 58.0 Å². The Morgan fingerprint density at radius 1 is 1.60 bits per heavy atom. The maximum atomic E-state index is 8.95. The molecule has 15 heavy (non-hydrogen) atoms. The fraction of sp³-hybridized carbons (Fsp3) is 0.333. The molecule has 0 aliphatic carbocycles. The maximum absolute atomic E-state index is 8.95. The second-order valence-corrected chi connectivity index (χ2v) is 4.44. The minimum Gasteiger partial charge on any atom is -0.394 e. The fourth-order valence-corrected chi connectivity index (χ4v) is 2.20. The van der Waals surface area contributed by atoms with Gasteiger partial charge in [0.15, 0.2) is 0 Å². The summed E-state index contributed by atoms with van der Waals surface area (Å²) in [5.41, 5.74) is 0. The molecule has 80 valence electrons. The third-order valence-corrected chi connectivity index (χ3v) is 2.93. The summed E-state index contributed by atoms with van der Waals surface area (Å²) >= 11 is 7.30. The average Bonchev–Trinajstić information content (AvgIpc) is 2.65. The zero-order valence-corrected chi connectivity index (χ0v) is 9.64. The van der Waals surface area contributed by atoms with Crippen LogP contribution in [0.1, 0.15) is 6.92 Å². The fourth-order valence-electron chi connectivity index (χ4n) is 1.22. The number of hydrogen-bond acceptors (Lipinski definition) is 5. The van der Waals surface area contributed by atoms with E-state index in [1.807, 2.05) is 18.4 Å². The monoisotopic (exact) mass is 243 g/mol. The number of aliphatic hydroxyl groups is 1. The quantitative estimate of drug-likeness (QED) is 0.811. The van der Waals surface area contributed by atoms with Gasteiger partial charge < -0.3 is 10.4 Å². The van der Waals surface area contributed by atoms with Gasteiger partial charge in [-0.15, -0.1) is 11.3 Å². The molecule has 2 aromatic rings. The Morgan fingerprint density at radius 3 is 3.13 bits per heavy atom. The highest BCUT2D eigenvalue weighted by molar-refractivity contribution is 7.16. The molecule has 2 aromatic heterocycles. The van der Waals surface area contributed by atoms with Gasteiger partial charge in [-0.2, -0.15) is 0 Å². The lowest BCUT2D eigenvalue weighted by Crippen LogP contribution is -2.20. The second kappa shape index (κ2) is 4.30. The smallest absolute Gasteiger partial charge is 0.225 e. The van der Waals surface area contributed by atoms with Crippen LogP contribution in [0.5, 0.6) is 0 Å². The highest BCUT2D eigenvalue weighted by Gasteiger charge is 2.09. The van der Waals surface area contributed by atoms with Crippen molar-refractivity contribution in [1.29, 1.82) is 0 Å². The van der Waals surface area contributed by atoms with Crippen molar-refractivity contribution in [2.45, 2.75) is 13.0 Å². The van der Waals surface area contributed by atoms with Crippen molar-refractivity contribution in [3.8, 4) is 0 Å². The van der Waals surface area contributed by atoms with E-state index in [-0.39, 0.29) is 17.9 Å². The number of nitrogens with one attached hydrogen (secondary N) is 1. The van der Waals surface area contributed by atoms with Crippen LogP contribution < -0.4 is 5.32 Å². The van der Waals surface area contributed by atoms with Gasteiger partial charge in [0.2, 0.25) is 5.28 Å². The van der Waals surface area contributed by atoms with Crippen LogP contribution in [0.2, 0.25) is 5.28 Å². The van der Waals surface area contributed by atoms with Gasteiger partial charge in [0.05, 0.1) is 12.0 Å². The van der Waals surface area contributed by atoms with E-state index >= 15 is 0 Å². The summed E-state index contributed by atoms with van der Waals surface area (Å²) in [6.07, 6.45) is 0. The molecule has 6 heteroatoms. The van der Waals surface area contributed by atoms with E-state index in [4.69, 9.17) is 16.7 Å². The summed E-state index contributed by atoms with van der Waals surface area (Å²) < 4.78 is 0. The molecule has 2 rings (SSSR count). The third kappa shape index (κ3) is 2.19. The zero-order chi connectivity index (χ0) is 10.8. The standard InChI is InChI=1S/C9H10ClN3OS/c1-5(4-14)11-7-6-2-3-15-8(6)13-9(10)12-7/h2-3,5,14H,4H2,1H3,(H,11,12,13). The molecule has 0 saturated carbocycles. The van der Waals surface area contributed by atoms with Crippen LogP contribution in [0, 0.1) is 0 Å². The van der Waals surface area contributed by atoms with Crippen LogP contribution in [0.3, 0.4) is 0 Å². The molecule has 0 saturated heterocycles. The van der Waals surface area contributed by atoms with Crippen LogP contribution in [0.4, 0.5) is 5.82 Å². The molecular weight excluding hydrogens is 234 g/mol. The number of halogens is 1. The van der Waals surface area contributed by atoms with Gasteiger partial charge in [0.25, 0.3) is 0 Å². The Morgan fingerprint density at radius 2 is 2.40 bits per heavy atom. The summed E-state index contributed by atoms with van der Waals surface area (Å²) in [6, 6.07) is 1.88. The Balaban J connectivity index is 2.44. The highest BCUT2D eigenvalue weighted by atomic mass is 35.5. The van der Waals surface area contributed by atoms with Crippen molar-refractivity contribution < 1.29 is 5.11 Å². The first-order valence-electron chi connectivity index (χ1n) is 4.49. The minimum atomic E-state index is -0.0564. The molecule has 2 N–H and O–H groups in total. The third-order valence-electron chi connectivity index (χ3n) is 1.95. The number of hydrogen-bond donors (Lipinski definition) is 2. The lowest BCUT2D eigenvalue weighted by atomic mass is 10.3. The Kier molecular flexibility index (Phi) is 3.04. The molecule has 0 radical (unpaired) electrons. The zero-order valence-electron chi connectivity index (χ0n) is 8.07. The van der Waals surface area contributed by atoms with E-state index in [1.165, 1.54) is 11.3 Å². The molecule has 2 heterocycles. The van der Waals surface area contributed by atoms with Crippen LogP contribution in [0.25, 0.3) is 10.2 Å². The van der Waals surface area contributed by atoms with Crippen LogP contribution >= 0.6 is 22.9 Å². The van der Waals surface area contributed by atoms with Gasteiger partial charge in [0, 0.05) is 6.04 Å². The van der Waals surface area contributed by atoms with E-state index < -0.39 is 0 Å². The number of anilines is 1. The lowest BCUT2D eigenvalue weighted by Gasteiger charge is -2.11. The Hall–Kier alpha value is -0.910. The molecular formula is C9H10ClN3OS. The highest BCUT2D eigenvalue weighted by Crippen LogP contribution is 2.26. The lowest BCUT2D eigenvalue weighted by molar-refractivity contribution is 0.281. The normalized spacial score (nSPS) is 13.0. The van der Waals surface area contributed by atoms with E-state index in [9.17, 15) is 0 Å². The number of rotatable bonds is 3. The number of fused-ring (bicyclic) bond motifs is 1. The average molecular weight is 244 g/mol. The molecule has 0 aromatic carbocycles.